The second kappa shape index (κ2) is 4.06. The molecule has 8 heteroatoms. The fraction of sp³-hybridized carbons (Fsp3) is 0.200. The summed E-state index contributed by atoms with van der Waals surface area (Å²) in [5.41, 5.74) is 0.0766. The summed E-state index contributed by atoms with van der Waals surface area (Å²) in [7, 11) is 0. The number of non-ortho nitro benzene ring substituents is 1. The van der Waals surface area contributed by atoms with Crippen LogP contribution in [0.3, 0.4) is 0 Å². The maximum absolute atomic E-state index is 13.4. The molecule has 1 atom stereocenters. The van der Waals surface area contributed by atoms with Crippen molar-refractivity contribution in [2.45, 2.75) is 12.7 Å². The van der Waals surface area contributed by atoms with Gasteiger partial charge in [-0.2, -0.15) is 0 Å². The van der Waals surface area contributed by atoms with Crippen LogP contribution in [0.1, 0.15) is 5.56 Å². The number of rotatable bonds is 3. The van der Waals surface area contributed by atoms with Gasteiger partial charge in [-0.1, -0.05) is 0 Å². The smallest absolute Gasteiger partial charge is 0.360 e. The zero-order valence-corrected chi connectivity index (χ0v) is 8.87. The third-order valence-corrected chi connectivity index (χ3v) is 2.57. The number of carboxylic acids is 1. The van der Waals surface area contributed by atoms with Crippen molar-refractivity contribution in [2.24, 2.45) is 0 Å². The summed E-state index contributed by atoms with van der Waals surface area (Å²) < 4.78 is 13.4. The largest absolute Gasteiger partial charge is 0.478 e. The van der Waals surface area contributed by atoms with Crippen molar-refractivity contribution >= 4 is 23.3 Å². The number of halogens is 1. The van der Waals surface area contributed by atoms with Crippen molar-refractivity contribution in [3.63, 3.8) is 0 Å². The highest BCUT2D eigenvalue weighted by Crippen LogP contribution is 2.33. The maximum atomic E-state index is 13.4. The highest BCUT2D eigenvalue weighted by molar-refractivity contribution is 6.05. The Kier molecular flexibility index (Phi) is 2.70. The summed E-state index contributed by atoms with van der Waals surface area (Å²) in [6, 6.07) is 3.41. The Labute approximate surface area is 99.6 Å². The molecule has 1 unspecified atom stereocenters. The van der Waals surface area contributed by atoms with Gasteiger partial charge in [-0.25, -0.2) is 9.18 Å². The van der Waals surface area contributed by atoms with Crippen LogP contribution in [0, 0.1) is 10.1 Å². The first-order chi connectivity index (χ1) is 8.41. The molecule has 1 aromatic carbocycles. The Bertz CT molecular complexity index is 559. The molecule has 7 nitrogen and oxygen atoms in total. The lowest BCUT2D eigenvalue weighted by Gasteiger charge is -2.18. The van der Waals surface area contributed by atoms with E-state index in [2.05, 4.69) is 0 Å². The van der Waals surface area contributed by atoms with Crippen LogP contribution in [-0.4, -0.2) is 28.2 Å². The van der Waals surface area contributed by atoms with E-state index in [0.29, 0.717) is 4.90 Å². The number of nitrogens with zero attached hydrogens (tertiary/aromatic N) is 2. The number of carboxylic acid groups (broad SMARTS) is 1. The Balaban J connectivity index is 2.44. The van der Waals surface area contributed by atoms with Gasteiger partial charge in [0.05, 0.1) is 17.0 Å². The summed E-state index contributed by atoms with van der Waals surface area (Å²) in [5, 5.41) is 19.1. The van der Waals surface area contributed by atoms with Crippen molar-refractivity contribution in [2.75, 3.05) is 4.90 Å². The number of fused-ring (bicyclic) bond motifs is 1. The quantitative estimate of drug-likeness (QED) is 0.489. The number of hydrogen-bond acceptors (Lipinski definition) is 4. The maximum Gasteiger partial charge on any atom is 0.360 e. The normalized spacial score (nSPS) is 15.4. The Morgan fingerprint density at radius 3 is 2.78 bits per heavy atom. The lowest BCUT2D eigenvalue weighted by molar-refractivity contribution is -0.384. The van der Waals surface area contributed by atoms with E-state index in [1.807, 2.05) is 0 Å². The third-order valence-electron chi connectivity index (χ3n) is 2.57. The number of aliphatic carboxylic acids is 1. The van der Waals surface area contributed by atoms with Crippen molar-refractivity contribution < 1.29 is 24.0 Å². The predicted octanol–water partition coefficient (Wildman–Crippen LogP) is 0.864. The highest BCUT2D eigenvalue weighted by atomic mass is 19.1. The molecule has 1 aliphatic rings. The van der Waals surface area contributed by atoms with Crippen LogP contribution in [0.4, 0.5) is 15.8 Å². The van der Waals surface area contributed by atoms with E-state index >= 15 is 0 Å². The summed E-state index contributed by atoms with van der Waals surface area (Å²) >= 11 is 0. The molecule has 1 aliphatic heterocycles. The molecule has 1 N–H and O–H groups in total. The Hall–Kier alpha value is -2.51. The first kappa shape index (κ1) is 12.0. The van der Waals surface area contributed by atoms with Crippen LogP contribution in [0.25, 0.3) is 0 Å². The van der Waals surface area contributed by atoms with Gasteiger partial charge in [0.15, 0.2) is 0 Å². The van der Waals surface area contributed by atoms with E-state index in [-0.39, 0.29) is 23.4 Å². The zero-order chi connectivity index (χ0) is 13.4. The minimum Gasteiger partial charge on any atom is -0.478 e. The van der Waals surface area contributed by atoms with Gasteiger partial charge in [-0.05, 0) is 11.6 Å². The van der Waals surface area contributed by atoms with Gasteiger partial charge >= 0.3 is 5.97 Å². The zero-order valence-electron chi connectivity index (χ0n) is 8.87. The fourth-order valence-corrected chi connectivity index (χ4v) is 1.80. The molecule has 1 heterocycles. The van der Waals surface area contributed by atoms with Crippen molar-refractivity contribution in [1.29, 1.82) is 0 Å². The molecule has 1 amide bonds. The average Bonchev–Trinajstić information content (AvgIpc) is 2.62. The van der Waals surface area contributed by atoms with Crippen molar-refractivity contribution in [1.82, 2.24) is 0 Å². The first-order valence-electron chi connectivity index (χ1n) is 4.88. The molecule has 1 aromatic rings. The van der Waals surface area contributed by atoms with Crippen LogP contribution in [-0.2, 0) is 16.0 Å². The lowest BCUT2D eigenvalue weighted by Crippen LogP contribution is -2.40. The summed E-state index contributed by atoms with van der Waals surface area (Å²) in [4.78, 5) is 32.4. The molecule has 2 rings (SSSR count). The molecule has 0 radical (unpaired) electrons. The number of benzene rings is 1. The molecule has 0 aromatic heterocycles. The minimum atomic E-state index is -2.49. The first-order valence-corrected chi connectivity index (χ1v) is 4.88. The number of anilines is 1. The summed E-state index contributed by atoms with van der Waals surface area (Å²) in [6.45, 7) is 0. The molecule has 0 fully saturated rings. The predicted molar refractivity (Wildman–Crippen MR) is 56.8 cm³/mol. The van der Waals surface area contributed by atoms with Crippen LogP contribution < -0.4 is 4.90 Å². The van der Waals surface area contributed by atoms with E-state index in [4.69, 9.17) is 5.11 Å². The van der Waals surface area contributed by atoms with E-state index in [1.54, 1.807) is 0 Å². The third kappa shape index (κ3) is 1.77. The molecule has 0 spiro atoms. The fourth-order valence-electron chi connectivity index (χ4n) is 1.80. The topological polar surface area (TPSA) is 101 Å². The molecular weight excluding hydrogens is 247 g/mol. The van der Waals surface area contributed by atoms with Gasteiger partial charge in [0.25, 0.3) is 12.0 Å². The lowest BCUT2D eigenvalue weighted by atomic mass is 10.1. The molecule has 0 saturated heterocycles. The van der Waals surface area contributed by atoms with Gasteiger partial charge in [0.1, 0.15) is 0 Å². The SMILES string of the molecule is O=C(O)C(F)N1C(=O)Cc2cc([N+](=O)[O-])ccc21. The van der Waals surface area contributed by atoms with Gasteiger partial charge in [0.2, 0.25) is 5.91 Å². The van der Waals surface area contributed by atoms with E-state index in [1.165, 1.54) is 6.07 Å². The molecular formula is C10H7FN2O5. The molecule has 18 heavy (non-hydrogen) atoms. The Morgan fingerprint density at radius 1 is 1.56 bits per heavy atom. The molecule has 94 valence electrons. The van der Waals surface area contributed by atoms with Crippen LogP contribution in [0.2, 0.25) is 0 Å². The number of amides is 1. The van der Waals surface area contributed by atoms with Crippen LogP contribution >= 0.6 is 0 Å². The standard InChI is InChI=1S/C10H7FN2O5/c11-9(10(15)16)12-7-2-1-6(13(17)18)3-5(7)4-8(12)14/h1-3,9H,4H2,(H,15,16). The number of carbonyl (C=O) groups excluding carboxylic acids is 1. The van der Waals surface area contributed by atoms with Crippen LogP contribution in [0.15, 0.2) is 18.2 Å². The minimum absolute atomic E-state index is 0.0560. The summed E-state index contributed by atoms with van der Waals surface area (Å²) in [5.74, 6) is -2.52. The highest BCUT2D eigenvalue weighted by Gasteiger charge is 2.37. The second-order valence-corrected chi connectivity index (χ2v) is 3.68. The van der Waals surface area contributed by atoms with E-state index in [0.717, 1.165) is 12.1 Å². The number of hydrogen-bond donors (Lipinski definition) is 1. The number of carbonyl (C=O) groups is 2. The molecule has 0 saturated carbocycles. The number of alkyl halides is 1. The number of nitro benzene ring substituents is 1. The van der Waals surface area contributed by atoms with Gasteiger partial charge in [-0.3, -0.25) is 19.8 Å². The van der Waals surface area contributed by atoms with Crippen molar-refractivity contribution in [3.8, 4) is 0 Å². The van der Waals surface area contributed by atoms with Gasteiger partial charge < -0.3 is 5.11 Å². The van der Waals surface area contributed by atoms with Gasteiger partial charge in [-0.15, -0.1) is 0 Å². The van der Waals surface area contributed by atoms with Crippen LogP contribution in [0.5, 0.6) is 0 Å². The number of nitro groups is 1. The average molecular weight is 254 g/mol. The van der Waals surface area contributed by atoms with E-state index in [9.17, 15) is 24.1 Å². The monoisotopic (exact) mass is 254 g/mol. The van der Waals surface area contributed by atoms with E-state index < -0.39 is 23.1 Å². The Morgan fingerprint density at radius 2 is 2.22 bits per heavy atom. The second-order valence-electron chi connectivity index (χ2n) is 3.68. The summed E-state index contributed by atoms with van der Waals surface area (Å²) in [6.07, 6.45) is -2.73. The molecule has 0 bridgehead atoms. The van der Waals surface area contributed by atoms with Crippen molar-refractivity contribution in [3.05, 3.63) is 33.9 Å². The van der Waals surface area contributed by atoms with Gasteiger partial charge in [0, 0.05) is 12.1 Å². The molecule has 0 aliphatic carbocycles.